The van der Waals surface area contributed by atoms with E-state index in [1.165, 1.54) is 5.56 Å². The number of amides is 1. The largest absolute Gasteiger partial charge is 0.336 e. The summed E-state index contributed by atoms with van der Waals surface area (Å²) >= 11 is 0. The summed E-state index contributed by atoms with van der Waals surface area (Å²) in [5.74, 6) is 5.55. The highest BCUT2D eigenvalue weighted by Gasteiger charge is 2.15. The van der Waals surface area contributed by atoms with Crippen molar-refractivity contribution < 1.29 is 4.79 Å². The van der Waals surface area contributed by atoms with Crippen molar-refractivity contribution in [2.24, 2.45) is 11.8 Å². The molecule has 2 rings (SSSR count). The maximum atomic E-state index is 11.9. The molecule has 0 atom stereocenters. The first-order chi connectivity index (χ1) is 9.61. The number of hydrogen-bond donors (Lipinski definition) is 2. The van der Waals surface area contributed by atoms with Crippen LogP contribution in [0.15, 0.2) is 42.5 Å². The van der Waals surface area contributed by atoms with E-state index in [0.717, 1.165) is 12.1 Å². The van der Waals surface area contributed by atoms with E-state index in [0.29, 0.717) is 18.2 Å². The third kappa shape index (κ3) is 3.27. The van der Waals surface area contributed by atoms with Gasteiger partial charge in [-0.15, -0.1) is 0 Å². The van der Waals surface area contributed by atoms with E-state index in [1.807, 2.05) is 34.9 Å². The summed E-state index contributed by atoms with van der Waals surface area (Å²) in [4.78, 5) is 11.9. The van der Waals surface area contributed by atoms with Gasteiger partial charge in [-0.1, -0.05) is 44.2 Å². The summed E-state index contributed by atoms with van der Waals surface area (Å²) in [5.41, 5.74) is 5.14. The van der Waals surface area contributed by atoms with E-state index in [2.05, 4.69) is 31.4 Å². The Kier molecular flexibility index (Phi) is 4.58. The van der Waals surface area contributed by atoms with E-state index < -0.39 is 0 Å². The molecule has 0 saturated carbocycles. The Morgan fingerprint density at radius 1 is 1.20 bits per heavy atom. The van der Waals surface area contributed by atoms with Crippen molar-refractivity contribution in [3.63, 3.8) is 0 Å². The molecular formula is C16H21N3O. The van der Waals surface area contributed by atoms with Gasteiger partial charge < -0.3 is 4.57 Å². The number of nitrogens with zero attached hydrogens (tertiary/aromatic N) is 1. The number of benzene rings is 1. The zero-order valence-corrected chi connectivity index (χ0v) is 12.0. The van der Waals surface area contributed by atoms with Crippen LogP contribution in [0, 0.1) is 5.92 Å². The molecule has 0 spiro atoms. The quantitative estimate of drug-likeness (QED) is 0.498. The van der Waals surface area contributed by atoms with Gasteiger partial charge in [0.1, 0.15) is 5.69 Å². The van der Waals surface area contributed by atoms with Gasteiger partial charge in [0.25, 0.3) is 5.91 Å². The summed E-state index contributed by atoms with van der Waals surface area (Å²) in [6.45, 7) is 5.02. The van der Waals surface area contributed by atoms with E-state index in [9.17, 15) is 4.79 Å². The number of nitrogen functional groups attached to an aromatic ring is 1. The second-order valence-electron chi connectivity index (χ2n) is 5.35. The molecule has 1 aromatic carbocycles. The van der Waals surface area contributed by atoms with Crippen LogP contribution in [0.25, 0.3) is 0 Å². The summed E-state index contributed by atoms with van der Waals surface area (Å²) in [7, 11) is 0. The fourth-order valence-electron chi connectivity index (χ4n) is 2.33. The van der Waals surface area contributed by atoms with Gasteiger partial charge in [-0.25, -0.2) is 5.84 Å². The maximum Gasteiger partial charge on any atom is 0.281 e. The van der Waals surface area contributed by atoms with Crippen LogP contribution in [0.2, 0.25) is 0 Å². The van der Waals surface area contributed by atoms with Crippen molar-refractivity contribution in [3.05, 3.63) is 59.4 Å². The van der Waals surface area contributed by atoms with Gasteiger partial charge >= 0.3 is 0 Å². The van der Waals surface area contributed by atoms with E-state index in [-0.39, 0.29) is 5.91 Å². The first-order valence-corrected chi connectivity index (χ1v) is 6.85. The fraction of sp³-hybridized carbons (Fsp3) is 0.312. The zero-order valence-electron chi connectivity index (χ0n) is 12.0. The average Bonchev–Trinajstić information content (AvgIpc) is 2.81. The number of carbonyl (C=O) groups is 1. The molecule has 0 bridgehead atoms. The Balaban J connectivity index is 2.36. The summed E-state index contributed by atoms with van der Waals surface area (Å²) in [6.07, 6.45) is 0.935. The normalized spacial score (nSPS) is 10.8. The van der Waals surface area contributed by atoms with Crippen molar-refractivity contribution in [3.8, 4) is 0 Å². The second kappa shape index (κ2) is 6.39. The van der Waals surface area contributed by atoms with Crippen molar-refractivity contribution in [2.75, 3.05) is 0 Å². The number of nitrogens with one attached hydrogen (secondary N) is 1. The molecular weight excluding hydrogens is 250 g/mol. The number of aromatic nitrogens is 1. The third-order valence-electron chi connectivity index (χ3n) is 3.24. The molecule has 1 aromatic heterocycles. The van der Waals surface area contributed by atoms with E-state index in [4.69, 9.17) is 5.84 Å². The molecule has 1 heterocycles. The van der Waals surface area contributed by atoms with Gasteiger partial charge in [0.15, 0.2) is 0 Å². The van der Waals surface area contributed by atoms with Crippen molar-refractivity contribution in [2.45, 2.75) is 26.8 Å². The van der Waals surface area contributed by atoms with Crippen LogP contribution in [-0.4, -0.2) is 10.5 Å². The summed E-state index contributed by atoms with van der Waals surface area (Å²) in [5, 5.41) is 0. The van der Waals surface area contributed by atoms with Gasteiger partial charge in [0.05, 0.1) is 0 Å². The molecule has 3 N–H and O–H groups in total. The summed E-state index contributed by atoms with van der Waals surface area (Å²) in [6, 6.07) is 14.0. The molecule has 0 fully saturated rings. The topological polar surface area (TPSA) is 60.1 Å². The van der Waals surface area contributed by atoms with Crippen LogP contribution >= 0.6 is 0 Å². The summed E-state index contributed by atoms with van der Waals surface area (Å²) < 4.78 is 2.04. The SMILES string of the molecule is CC(C)Cc1ccc(C(=O)NN)n1Cc1ccccc1. The number of nitrogens with two attached hydrogens (primary N) is 1. The predicted octanol–water partition coefficient (Wildman–Crippen LogP) is 2.34. The Morgan fingerprint density at radius 3 is 2.50 bits per heavy atom. The van der Waals surface area contributed by atoms with Crippen molar-refractivity contribution in [1.82, 2.24) is 9.99 Å². The average molecular weight is 271 g/mol. The highest BCUT2D eigenvalue weighted by molar-refractivity contribution is 5.92. The minimum Gasteiger partial charge on any atom is -0.336 e. The number of hydrazine groups is 1. The molecule has 2 aromatic rings. The van der Waals surface area contributed by atoms with Gasteiger partial charge in [-0.05, 0) is 30.0 Å². The molecule has 20 heavy (non-hydrogen) atoms. The monoisotopic (exact) mass is 271 g/mol. The molecule has 0 aliphatic carbocycles. The van der Waals surface area contributed by atoms with Gasteiger partial charge in [-0.2, -0.15) is 0 Å². The molecule has 0 saturated heterocycles. The Morgan fingerprint density at radius 2 is 1.90 bits per heavy atom. The standard InChI is InChI=1S/C16H21N3O/c1-12(2)10-14-8-9-15(16(20)18-17)19(14)11-13-6-4-3-5-7-13/h3-9,12H,10-11,17H2,1-2H3,(H,18,20). The number of rotatable bonds is 5. The minimum absolute atomic E-state index is 0.254. The molecule has 0 unspecified atom stereocenters. The molecule has 0 radical (unpaired) electrons. The van der Waals surface area contributed by atoms with Gasteiger partial charge in [0.2, 0.25) is 0 Å². The zero-order chi connectivity index (χ0) is 14.5. The van der Waals surface area contributed by atoms with Crippen LogP contribution in [-0.2, 0) is 13.0 Å². The maximum absolute atomic E-state index is 11.9. The van der Waals surface area contributed by atoms with Crippen LogP contribution in [0.5, 0.6) is 0 Å². The molecule has 106 valence electrons. The van der Waals surface area contributed by atoms with Crippen molar-refractivity contribution >= 4 is 5.91 Å². The number of hydrogen-bond acceptors (Lipinski definition) is 2. The van der Waals surface area contributed by atoms with Crippen molar-refractivity contribution in [1.29, 1.82) is 0 Å². The van der Waals surface area contributed by atoms with E-state index in [1.54, 1.807) is 0 Å². The molecule has 0 aliphatic rings. The lowest BCUT2D eigenvalue weighted by Crippen LogP contribution is -2.32. The van der Waals surface area contributed by atoms with E-state index >= 15 is 0 Å². The Labute approximate surface area is 119 Å². The van der Waals surface area contributed by atoms with Crippen LogP contribution in [0.1, 0.15) is 35.6 Å². The lowest BCUT2D eigenvalue weighted by Gasteiger charge is -2.14. The third-order valence-corrected chi connectivity index (χ3v) is 3.24. The van der Waals surface area contributed by atoms with Crippen LogP contribution < -0.4 is 11.3 Å². The molecule has 4 heteroatoms. The smallest absolute Gasteiger partial charge is 0.281 e. The minimum atomic E-state index is -0.254. The lowest BCUT2D eigenvalue weighted by atomic mass is 10.1. The van der Waals surface area contributed by atoms with Gasteiger partial charge in [0, 0.05) is 12.2 Å². The molecule has 4 nitrogen and oxygen atoms in total. The predicted molar refractivity (Wildman–Crippen MR) is 80.2 cm³/mol. The van der Waals surface area contributed by atoms with Crippen LogP contribution in [0.3, 0.4) is 0 Å². The molecule has 1 amide bonds. The van der Waals surface area contributed by atoms with Gasteiger partial charge in [-0.3, -0.25) is 10.2 Å². The Bertz CT molecular complexity index is 573. The highest BCUT2D eigenvalue weighted by atomic mass is 16.2. The first-order valence-electron chi connectivity index (χ1n) is 6.85. The Hall–Kier alpha value is -2.07. The fourth-order valence-corrected chi connectivity index (χ4v) is 2.33. The van der Waals surface area contributed by atoms with Crippen LogP contribution in [0.4, 0.5) is 0 Å². The lowest BCUT2D eigenvalue weighted by molar-refractivity contribution is 0.0944. The molecule has 0 aliphatic heterocycles. The number of carbonyl (C=O) groups excluding carboxylic acids is 1. The highest BCUT2D eigenvalue weighted by Crippen LogP contribution is 2.16. The first kappa shape index (κ1) is 14.3. The second-order valence-corrected chi connectivity index (χ2v) is 5.35.